The highest BCUT2D eigenvalue weighted by Gasteiger charge is 2.34. The summed E-state index contributed by atoms with van der Waals surface area (Å²) < 4.78 is 0. The van der Waals surface area contributed by atoms with Crippen molar-refractivity contribution in [3.63, 3.8) is 0 Å². The number of carboxylic acid groups (broad SMARTS) is 1. The van der Waals surface area contributed by atoms with Crippen LogP contribution in [0.4, 0.5) is 11.5 Å². The second-order valence-corrected chi connectivity index (χ2v) is 6.84. The predicted octanol–water partition coefficient (Wildman–Crippen LogP) is 0.105. The first-order valence-corrected chi connectivity index (χ1v) is 8.60. The molecule has 140 valence electrons. The Balaban J connectivity index is 1.56. The lowest BCUT2D eigenvalue weighted by Crippen LogP contribution is -2.47. The van der Waals surface area contributed by atoms with Crippen LogP contribution in [0.15, 0.2) is 18.3 Å². The van der Waals surface area contributed by atoms with Crippen molar-refractivity contribution in [3.8, 4) is 0 Å². The molecule has 0 aromatic carbocycles. The molecule has 9 nitrogen and oxygen atoms in total. The van der Waals surface area contributed by atoms with Gasteiger partial charge in [-0.1, -0.05) is 0 Å². The van der Waals surface area contributed by atoms with Crippen molar-refractivity contribution in [2.24, 2.45) is 0 Å². The van der Waals surface area contributed by atoms with Crippen LogP contribution in [0.5, 0.6) is 0 Å². The minimum absolute atomic E-state index is 0.247. The predicted molar refractivity (Wildman–Crippen MR) is 92.7 cm³/mol. The average Bonchev–Trinajstić information content (AvgIpc) is 2.58. The fraction of sp³-hybridized carbons (Fsp3) is 0.529. The van der Waals surface area contributed by atoms with Gasteiger partial charge in [-0.05, 0) is 31.4 Å². The summed E-state index contributed by atoms with van der Waals surface area (Å²) in [5, 5.41) is 24.5. The lowest BCUT2D eigenvalue weighted by Gasteiger charge is -2.38. The highest BCUT2D eigenvalue weighted by molar-refractivity contribution is 6.01. The number of carbonyl (C=O) groups is 3. The van der Waals surface area contributed by atoms with Crippen LogP contribution in [0.1, 0.15) is 32.1 Å². The molecule has 0 aliphatic carbocycles. The number of carbonyl (C=O) groups excluding carboxylic acids is 2. The van der Waals surface area contributed by atoms with Crippen LogP contribution in [-0.4, -0.2) is 57.7 Å². The first-order chi connectivity index (χ1) is 12.3. The second kappa shape index (κ2) is 7.28. The van der Waals surface area contributed by atoms with E-state index in [9.17, 15) is 19.5 Å². The van der Waals surface area contributed by atoms with Crippen molar-refractivity contribution in [1.82, 2.24) is 10.3 Å². The first-order valence-electron chi connectivity index (χ1n) is 8.60. The minimum atomic E-state index is -1.16. The smallest absolute Gasteiger partial charge is 0.306 e. The largest absolute Gasteiger partial charge is 0.481 e. The summed E-state index contributed by atoms with van der Waals surface area (Å²) >= 11 is 0. The highest BCUT2D eigenvalue weighted by atomic mass is 16.4. The Hall–Kier alpha value is -2.68. The van der Waals surface area contributed by atoms with Gasteiger partial charge in [0.25, 0.3) is 0 Å². The number of imide groups is 1. The molecule has 1 aromatic heterocycles. The molecule has 0 saturated carbocycles. The molecule has 0 unspecified atom stereocenters. The van der Waals surface area contributed by atoms with E-state index in [1.54, 1.807) is 6.20 Å². The van der Waals surface area contributed by atoms with Gasteiger partial charge in [0.2, 0.25) is 11.8 Å². The number of nitrogens with one attached hydrogen (secondary N) is 2. The van der Waals surface area contributed by atoms with Crippen molar-refractivity contribution in [3.05, 3.63) is 18.3 Å². The molecular formula is C17H22N4O5. The standard InChI is InChI=1S/C17H22N4O5/c22-14-4-2-12(16(25)20-14)19-11-1-3-13(18-10-11)21-7-5-17(26,6-8-21)9-15(23)24/h1,3,10,12,19,26H,2,4-9H2,(H,23,24)(H,20,22,25)/t12-/m0/s1. The first kappa shape index (κ1) is 18.1. The van der Waals surface area contributed by atoms with Gasteiger partial charge in [-0.25, -0.2) is 4.98 Å². The number of nitrogens with zero attached hydrogens (tertiary/aromatic N) is 2. The van der Waals surface area contributed by atoms with Crippen molar-refractivity contribution in [1.29, 1.82) is 0 Å². The van der Waals surface area contributed by atoms with Crippen LogP contribution >= 0.6 is 0 Å². The molecule has 1 aromatic rings. The van der Waals surface area contributed by atoms with Crippen LogP contribution in [0.2, 0.25) is 0 Å². The van der Waals surface area contributed by atoms with Gasteiger partial charge >= 0.3 is 5.97 Å². The van der Waals surface area contributed by atoms with Crippen molar-refractivity contribution >= 4 is 29.3 Å². The molecule has 4 N–H and O–H groups in total. The third kappa shape index (κ3) is 4.29. The molecule has 3 rings (SSSR count). The summed E-state index contributed by atoms with van der Waals surface area (Å²) in [4.78, 5) is 40.1. The Morgan fingerprint density at radius 2 is 2.08 bits per heavy atom. The second-order valence-electron chi connectivity index (χ2n) is 6.84. The van der Waals surface area contributed by atoms with Gasteiger partial charge in [0.15, 0.2) is 0 Å². The maximum Gasteiger partial charge on any atom is 0.306 e. The van der Waals surface area contributed by atoms with E-state index in [2.05, 4.69) is 15.6 Å². The quantitative estimate of drug-likeness (QED) is 0.543. The highest BCUT2D eigenvalue weighted by Crippen LogP contribution is 2.28. The lowest BCUT2D eigenvalue weighted by molar-refractivity contribution is -0.143. The van der Waals surface area contributed by atoms with E-state index in [4.69, 9.17) is 5.11 Å². The summed E-state index contributed by atoms with van der Waals surface area (Å²) in [6.07, 6.45) is 2.87. The molecule has 0 radical (unpaired) electrons. The number of amides is 2. The maximum absolute atomic E-state index is 11.8. The van der Waals surface area contributed by atoms with E-state index >= 15 is 0 Å². The summed E-state index contributed by atoms with van der Waals surface area (Å²) in [5.74, 6) is -0.854. The molecule has 2 aliphatic heterocycles. The fourth-order valence-corrected chi connectivity index (χ4v) is 3.30. The molecule has 2 amide bonds. The SMILES string of the molecule is O=C(O)CC1(O)CCN(c2ccc(N[C@H]3CCC(=O)NC3=O)cn2)CC1. The molecule has 9 heteroatoms. The summed E-state index contributed by atoms with van der Waals surface area (Å²) in [6, 6.07) is 3.17. The third-order valence-corrected chi connectivity index (χ3v) is 4.83. The number of carboxylic acids is 1. The Bertz CT molecular complexity index is 698. The average molecular weight is 362 g/mol. The molecule has 2 fully saturated rings. The topological polar surface area (TPSA) is 132 Å². The zero-order valence-corrected chi connectivity index (χ0v) is 14.3. The number of aliphatic hydroxyl groups is 1. The number of anilines is 2. The van der Waals surface area contributed by atoms with Gasteiger partial charge in [-0.3, -0.25) is 19.7 Å². The normalized spacial score (nSPS) is 22.7. The van der Waals surface area contributed by atoms with E-state index in [1.807, 2.05) is 17.0 Å². The van der Waals surface area contributed by atoms with Crippen LogP contribution in [0, 0.1) is 0 Å². The molecule has 1 atom stereocenters. The van der Waals surface area contributed by atoms with Crippen LogP contribution in [0.25, 0.3) is 0 Å². The van der Waals surface area contributed by atoms with Crippen LogP contribution < -0.4 is 15.5 Å². The molecule has 2 aliphatic rings. The van der Waals surface area contributed by atoms with Gasteiger partial charge in [0.05, 0.1) is 23.9 Å². The van der Waals surface area contributed by atoms with Gasteiger partial charge in [0.1, 0.15) is 11.9 Å². The van der Waals surface area contributed by atoms with E-state index in [1.165, 1.54) is 0 Å². The number of hydrogen-bond donors (Lipinski definition) is 4. The number of rotatable bonds is 5. The number of aromatic nitrogens is 1. The maximum atomic E-state index is 11.8. The van der Waals surface area contributed by atoms with Crippen molar-refractivity contribution in [2.75, 3.05) is 23.3 Å². The van der Waals surface area contributed by atoms with Gasteiger partial charge in [-0.15, -0.1) is 0 Å². The molecule has 2 saturated heterocycles. The van der Waals surface area contributed by atoms with Gasteiger partial charge < -0.3 is 20.4 Å². The number of piperidine rings is 2. The fourth-order valence-electron chi connectivity index (χ4n) is 3.30. The number of hydrogen-bond acceptors (Lipinski definition) is 7. The van der Waals surface area contributed by atoms with E-state index in [0.717, 1.165) is 5.82 Å². The Morgan fingerprint density at radius 1 is 1.35 bits per heavy atom. The molecule has 26 heavy (non-hydrogen) atoms. The third-order valence-electron chi connectivity index (χ3n) is 4.83. The summed E-state index contributed by atoms with van der Waals surface area (Å²) in [7, 11) is 0. The zero-order chi connectivity index (χ0) is 18.7. The van der Waals surface area contributed by atoms with E-state index < -0.39 is 17.6 Å². The summed E-state index contributed by atoms with van der Waals surface area (Å²) in [5.41, 5.74) is -0.474. The van der Waals surface area contributed by atoms with Crippen molar-refractivity contribution in [2.45, 2.75) is 43.7 Å². The number of pyridine rings is 1. The van der Waals surface area contributed by atoms with Gasteiger partial charge in [-0.2, -0.15) is 0 Å². The molecule has 0 spiro atoms. The Labute approximate surface area is 150 Å². The van der Waals surface area contributed by atoms with Crippen molar-refractivity contribution < 1.29 is 24.6 Å². The lowest BCUT2D eigenvalue weighted by atomic mass is 9.88. The number of aliphatic carboxylic acids is 1. The molecule has 3 heterocycles. The van der Waals surface area contributed by atoms with Crippen LogP contribution in [0.3, 0.4) is 0 Å². The molecular weight excluding hydrogens is 340 g/mol. The Kier molecular flexibility index (Phi) is 5.08. The van der Waals surface area contributed by atoms with Crippen LogP contribution in [-0.2, 0) is 14.4 Å². The van der Waals surface area contributed by atoms with E-state index in [0.29, 0.717) is 44.5 Å². The monoisotopic (exact) mass is 362 g/mol. The summed E-state index contributed by atoms with van der Waals surface area (Å²) in [6.45, 7) is 1.05. The van der Waals surface area contributed by atoms with E-state index in [-0.39, 0.29) is 18.2 Å². The molecule has 0 bridgehead atoms. The zero-order valence-electron chi connectivity index (χ0n) is 14.3. The van der Waals surface area contributed by atoms with Gasteiger partial charge in [0, 0.05) is 19.5 Å². The Morgan fingerprint density at radius 3 is 2.65 bits per heavy atom. The minimum Gasteiger partial charge on any atom is -0.481 e.